The third-order valence-corrected chi connectivity index (χ3v) is 1.79. The smallest absolute Gasteiger partial charge is 0.390 e. The molecule has 16 heavy (non-hydrogen) atoms. The molecule has 0 aliphatic heterocycles. The van der Waals surface area contributed by atoms with Crippen molar-refractivity contribution in [3.63, 3.8) is 0 Å². The van der Waals surface area contributed by atoms with E-state index < -0.39 is 18.6 Å². The van der Waals surface area contributed by atoms with Crippen molar-refractivity contribution in [2.75, 3.05) is 12.8 Å². The highest BCUT2D eigenvalue weighted by atomic mass is 19.4. The van der Waals surface area contributed by atoms with Gasteiger partial charge in [-0.2, -0.15) is 18.3 Å². The highest BCUT2D eigenvalue weighted by molar-refractivity contribution is 5.92. The van der Waals surface area contributed by atoms with Crippen molar-refractivity contribution in [2.24, 2.45) is 0 Å². The van der Waals surface area contributed by atoms with Gasteiger partial charge in [0.15, 0.2) is 5.69 Å². The lowest BCUT2D eigenvalue weighted by Crippen LogP contribution is -2.13. The number of alkyl halides is 3. The van der Waals surface area contributed by atoms with Crippen molar-refractivity contribution in [1.82, 2.24) is 9.78 Å². The molecule has 0 amide bonds. The fourth-order valence-corrected chi connectivity index (χ4v) is 1.05. The van der Waals surface area contributed by atoms with E-state index in [1.807, 2.05) is 0 Å². The summed E-state index contributed by atoms with van der Waals surface area (Å²) in [4.78, 5) is 11.0. The normalized spacial score (nSPS) is 11.5. The van der Waals surface area contributed by atoms with Crippen molar-refractivity contribution in [2.45, 2.75) is 19.1 Å². The van der Waals surface area contributed by atoms with E-state index in [1.165, 1.54) is 0 Å². The summed E-state index contributed by atoms with van der Waals surface area (Å²) in [5.74, 6) is -0.775. The minimum atomic E-state index is -4.27. The standard InChI is InChI=1S/C8H10F3N3O2/c1-16-7(15)6-5(12)4-14(13-6)3-2-8(9,10)11/h4H,2-3,12H2,1H3. The lowest BCUT2D eigenvalue weighted by Gasteiger charge is -2.05. The Morgan fingerprint density at radius 1 is 1.62 bits per heavy atom. The molecule has 0 spiro atoms. The Hall–Kier alpha value is -1.73. The van der Waals surface area contributed by atoms with Crippen LogP contribution in [0.5, 0.6) is 0 Å². The quantitative estimate of drug-likeness (QED) is 0.802. The predicted molar refractivity (Wildman–Crippen MR) is 48.7 cm³/mol. The molecule has 0 saturated heterocycles. The number of halogens is 3. The summed E-state index contributed by atoms with van der Waals surface area (Å²) >= 11 is 0. The first-order chi connectivity index (χ1) is 7.33. The molecule has 0 radical (unpaired) electrons. The maximum Gasteiger partial charge on any atom is 0.390 e. The van der Waals surface area contributed by atoms with Crippen molar-refractivity contribution in [1.29, 1.82) is 0 Å². The number of carbonyl (C=O) groups is 1. The van der Waals surface area contributed by atoms with Crippen molar-refractivity contribution >= 4 is 11.7 Å². The number of nitrogens with two attached hydrogens (primary N) is 1. The second kappa shape index (κ2) is 4.42. The average Bonchev–Trinajstić information content (AvgIpc) is 2.55. The van der Waals surface area contributed by atoms with Crippen LogP contribution < -0.4 is 5.73 Å². The van der Waals surface area contributed by atoms with E-state index in [1.54, 1.807) is 0 Å². The number of esters is 1. The topological polar surface area (TPSA) is 70.1 Å². The number of nitrogen functional groups attached to an aromatic ring is 1. The number of anilines is 1. The first-order valence-electron chi connectivity index (χ1n) is 4.31. The average molecular weight is 237 g/mol. The monoisotopic (exact) mass is 237 g/mol. The molecule has 8 heteroatoms. The summed E-state index contributed by atoms with van der Waals surface area (Å²) < 4.78 is 41.1. The van der Waals surface area contributed by atoms with Gasteiger partial charge in [-0.25, -0.2) is 4.79 Å². The van der Waals surface area contributed by atoms with E-state index in [4.69, 9.17) is 5.73 Å². The van der Waals surface area contributed by atoms with Crippen LogP contribution in [0.15, 0.2) is 6.20 Å². The number of hydrogen-bond donors (Lipinski definition) is 1. The van der Waals surface area contributed by atoms with Gasteiger partial charge in [0.1, 0.15) is 0 Å². The lowest BCUT2D eigenvalue weighted by molar-refractivity contribution is -0.137. The van der Waals surface area contributed by atoms with E-state index in [2.05, 4.69) is 9.84 Å². The molecule has 0 atom stereocenters. The van der Waals surface area contributed by atoms with Gasteiger partial charge in [0.05, 0.1) is 19.2 Å². The molecule has 2 N–H and O–H groups in total. The number of aryl methyl sites for hydroxylation is 1. The highest BCUT2D eigenvalue weighted by Gasteiger charge is 2.27. The van der Waals surface area contributed by atoms with Crippen LogP contribution in [-0.2, 0) is 11.3 Å². The van der Waals surface area contributed by atoms with E-state index in [9.17, 15) is 18.0 Å². The molecule has 5 nitrogen and oxygen atoms in total. The Kier molecular flexibility index (Phi) is 3.41. The van der Waals surface area contributed by atoms with Gasteiger partial charge in [0.25, 0.3) is 0 Å². The molecule has 1 heterocycles. The van der Waals surface area contributed by atoms with Crippen LogP contribution in [0.3, 0.4) is 0 Å². The minimum absolute atomic E-state index is 0.00553. The van der Waals surface area contributed by atoms with E-state index in [-0.39, 0.29) is 17.9 Å². The minimum Gasteiger partial charge on any atom is -0.464 e. The van der Waals surface area contributed by atoms with Crippen LogP contribution in [0.1, 0.15) is 16.9 Å². The first-order valence-corrected chi connectivity index (χ1v) is 4.31. The zero-order valence-corrected chi connectivity index (χ0v) is 8.41. The second-order valence-electron chi connectivity index (χ2n) is 3.05. The van der Waals surface area contributed by atoms with E-state index in [0.717, 1.165) is 18.0 Å². The maximum absolute atomic E-state index is 11.9. The second-order valence-corrected chi connectivity index (χ2v) is 3.05. The Morgan fingerprint density at radius 3 is 2.75 bits per heavy atom. The van der Waals surface area contributed by atoms with Crippen molar-refractivity contribution in [3.05, 3.63) is 11.9 Å². The summed E-state index contributed by atoms with van der Waals surface area (Å²) in [7, 11) is 1.14. The molecule has 0 saturated carbocycles. The van der Waals surface area contributed by atoms with Crippen LogP contribution in [-0.4, -0.2) is 29.0 Å². The Balaban J connectivity index is 2.74. The number of nitrogens with zero attached hydrogens (tertiary/aromatic N) is 2. The predicted octanol–water partition coefficient (Wildman–Crippen LogP) is 1.20. The van der Waals surface area contributed by atoms with E-state index in [0.29, 0.717) is 0 Å². The largest absolute Gasteiger partial charge is 0.464 e. The first kappa shape index (κ1) is 12.3. The summed E-state index contributed by atoms with van der Waals surface area (Å²) in [6.45, 7) is -0.384. The third-order valence-electron chi connectivity index (χ3n) is 1.79. The molecule has 0 aliphatic carbocycles. The van der Waals surface area contributed by atoms with Gasteiger partial charge in [0.2, 0.25) is 0 Å². The summed E-state index contributed by atoms with van der Waals surface area (Å²) in [6.07, 6.45) is -4.14. The SMILES string of the molecule is COC(=O)c1nn(CCC(F)(F)F)cc1N. The van der Waals surface area contributed by atoms with Crippen molar-refractivity contribution < 1.29 is 22.7 Å². The van der Waals surface area contributed by atoms with Gasteiger partial charge in [-0.15, -0.1) is 0 Å². The zero-order valence-electron chi connectivity index (χ0n) is 8.41. The highest BCUT2D eigenvalue weighted by Crippen LogP contribution is 2.20. The van der Waals surface area contributed by atoms with Gasteiger partial charge in [-0.05, 0) is 0 Å². The van der Waals surface area contributed by atoms with Crippen LogP contribution in [0.4, 0.5) is 18.9 Å². The van der Waals surface area contributed by atoms with Crippen LogP contribution in [0.2, 0.25) is 0 Å². The summed E-state index contributed by atoms with van der Waals surface area (Å²) in [5.41, 5.74) is 5.21. The number of rotatable bonds is 3. The number of carbonyl (C=O) groups excluding carboxylic acids is 1. The maximum atomic E-state index is 11.9. The van der Waals surface area contributed by atoms with Crippen LogP contribution in [0, 0.1) is 0 Å². The number of methoxy groups -OCH3 is 1. The Bertz CT molecular complexity index is 386. The molecular weight excluding hydrogens is 227 g/mol. The molecule has 0 unspecified atom stereocenters. The molecule has 0 bridgehead atoms. The molecule has 1 rings (SSSR count). The van der Waals surface area contributed by atoms with Crippen LogP contribution in [0.25, 0.3) is 0 Å². The fourth-order valence-electron chi connectivity index (χ4n) is 1.05. The molecular formula is C8H10F3N3O2. The fraction of sp³-hybridized carbons (Fsp3) is 0.500. The molecule has 0 aromatic carbocycles. The van der Waals surface area contributed by atoms with Gasteiger partial charge >= 0.3 is 12.1 Å². The lowest BCUT2D eigenvalue weighted by atomic mass is 10.4. The summed E-state index contributed by atoms with van der Waals surface area (Å²) in [5, 5.41) is 3.60. The van der Waals surface area contributed by atoms with Crippen molar-refractivity contribution in [3.8, 4) is 0 Å². The van der Waals surface area contributed by atoms with E-state index >= 15 is 0 Å². The number of hydrogen-bond acceptors (Lipinski definition) is 4. The zero-order chi connectivity index (χ0) is 12.3. The molecule has 90 valence electrons. The summed E-state index contributed by atoms with van der Waals surface area (Å²) in [6, 6.07) is 0. The number of aromatic nitrogens is 2. The molecule has 1 aromatic rings. The van der Waals surface area contributed by atoms with Gasteiger partial charge in [-0.3, -0.25) is 4.68 Å². The molecule has 1 aromatic heterocycles. The third kappa shape index (κ3) is 3.14. The van der Waals surface area contributed by atoms with Gasteiger partial charge < -0.3 is 10.5 Å². The molecule has 0 fully saturated rings. The van der Waals surface area contributed by atoms with Gasteiger partial charge in [0, 0.05) is 12.7 Å². The number of ether oxygens (including phenoxy) is 1. The van der Waals surface area contributed by atoms with Gasteiger partial charge in [-0.1, -0.05) is 0 Å². The molecule has 0 aliphatic rings. The Morgan fingerprint density at radius 2 is 2.25 bits per heavy atom. The Labute approximate surface area is 89.0 Å². The van der Waals surface area contributed by atoms with Crippen LogP contribution >= 0.6 is 0 Å².